The summed E-state index contributed by atoms with van der Waals surface area (Å²) in [5, 5.41) is 19.0. The van der Waals surface area contributed by atoms with Crippen LogP contribution in [0.25, 0.3) is 0 Å². The topological polar surface area (TPSA) is 50.9 Å². The van der Waals surface area contributed by atoms with Crippen LogP contribution in [-0.2, 0) is 12.6 Å². The number of benzene rings is 1. The normalized spacial score (nSPS) is 14.4. The molecule has 4 nitrogen and oxygen atoms in total. The van der Waals surface area contributed by atoms with Gasteiger partial charge in [0.05, 0.1) is 0 Å². The second kappa shape index (κ2) is 5.20. The zero-order valence-corrected chi connectivity index (χ0v) is 12.1. The average molecular weight is 310 g/mol. The highest BCUT2D eigenvalue weighted by Gasteiger charge is 2.36. The van der Waals surface area contributed by atoms with E-state index in [1.54, 1.807) is 11.7 Å². The number of aryl methyl sites for hydroxylation is 1. The maximum absolute atomic E-state index is 11.1. The van der Waals surface area contributed by atoms with E-state index in [9.17, 15) is 5.11 Å². The van der Waals surface area contributed by atoms with Crippen LogP contribution < -0.4 is 0 Å². The van der Waals surface area contributed by atoms with Gasteiger partial charge in [-0.2, -0.15) is 0 Å². The first-order chi connectivity index (χ1) is 8.59. The minimum atomic E-state index is -1.06. The summed E-state index contributed by atoms with van der Waals surface area (Å²) in [5.41, 5.74) is 0.487. The summed E-state index contributed by atoms with van der Waals surface area (Å²) in [4.78, 5) is 0. The Balaban J connectivity index is 2.58. The molecule has 0 fully saturated rings. The second-order valence-electron chi connectivity index (χ2n) is 4.33. The molecule has 0 amide bonds. The Morgan fingerprint density at radius 3 is 2.50 bits per heavy atom. The summed E-state index contributed by atoms with van der Waals surface area (Å²) >= 11 is 3.37. The molecule has 0 bridgehead atoms. The van der Waals surface area contributed by atoms with Crippen molar-refractivity contribution in [3.8, 4) is 0 Å². The van der Waals surface area contributed by atoms with E-state index in [-0.39, 0.29) is 0 Å². The van der Waals surface area contributed by atoms with Crippen LogP contribution in [0.4, 0.5) is 0 Å². The molecule has 96 valence electrons. The molecule has 0 aliphatic rings. The summed E-state index contributed by atoms with van der Waals surface area (Å²) in [7, 11) is 1.79. The van der Waals surface area contributed by atoms with Gasteiger partial charge in [0.2, 0.25) is 0 Å². The smallest absolute Gasteiger partial charge is 0.154 e. The number of hydrogen-bond acceptors (Lipinski definition) is 3. The van der Waals surface area contributed by atoms with E-state index in [2.05, 4.69) is 26.2 Å². The van der Waals surface area contributed by atoms with Crippen LogP contribution >= 0.6 is 15.9 Å². The third-order valence-electron chi connectivity index (χ3n) is 3.04. The van der Waals surface area contributed by atoms with Crippen molar-refractivity contribution in [3.05, 3.63) is 46.2 Å². The lowest BCUT2D eigenvalue weighted by atomic mass is 9.86. The van der Waals surface area contributed by atoms with Gasteiger partial charge in [0.25, 0.3) is 0 Å². The maximum atomic E-state index is 11.1. The molecule has 0 aliphatic heterocycles. The molecule has 1 atom stereocenters. The van der Waals surface area contributed by atoms with E-state index in [0.29, 0.717) is 16.7 Å². The highest BCUT2D eigenvalue weighted by Crippen LogP contribution is 2.36. The molecular weight excluding hydrogens is 294 g/mol. The van der Waals surface area contributed by atoms with Crippen molar-refractivity contribution in [3.63, 3.8) is 0 Å². The molecule has 0 radical (unpaired) electrons. The fourth-order valence-corrected chi connectivity index (χ4v) is 2.90. The van der Waals surface area contributed by atoms with Crippen molar-refractivity contribution < 1.29 is 5.11 Å². The van der Waals surface area contributed by atoms with Gasteiger partial charge in [-0.25, -0.2) is 4.68 Å². The summed E-state index contributed by atoms with van der Waals surface area (Å²) < 4.78 is 2.21. The van der Waals surface area contributed by atoms with Gasteiger partial charge in [0, 0.05) is 7.05 Å². The molecule has 0 aliphatic carbocycles. The number of aliphatic hydroxyl groups is 1. The van der Waals surface area contributed by atoms with Gasteiger partial charge in [0.15, 0.2) is 4.60 Å². The molecule has 1 N–H and O–H groups in total. The first-order valence-corrected chi connectivity index (χ1v) is 6.72. The lowest BCUT2D eigenvalue weighted by Gasteiger charge is -2.28. The van der Waals surface area contributed by atoms with Crippen LogP contribution in [0.5, 0.6) is 0 Å². The lowest BCUT2D eigenvalue weighted by Crippen LogP contribution is -2.30. The van der Waals surface area contributed by atoms with E-state index in [4.69, 9.17) is 0 Å². The summed E-state index contributed by atoms with van der Waals surface area (Å²) in [6, 6.07) is 9.64. The van der Waals surface area contributed by atoms with Crippen molar-refractivity contribution in [2.75, 3.05) is 0 Å². The molecule has 0 saturated heterocycles. The van der Waals surface area contributed by atoms with Crippen LogP contribution in [0.15, 0.2) is 34.9 Å². The fourth-order valence-electron chi connectivity index (χ4n) is 2.25. The van der Waals surface area contributed by atoms with Crippen LogP contribution in [0, 0.1) is 0 Å². The molecular formula is C13H16BrN3O. The number of rotatable bonds is 4. The van der Waals surface area contributed by atoms with Gasteiger partial charge in [0.1, 0.15) is 11.3 Å². The predicted octanol–water partition coefficient (Wildman–Crippen LogP) is 2.61. The van der Waals surface area contributed by atoms with Crippen molar-refractivity contribution in [1.29, 1.82) is 0 Å². The van der Waals surface area contributed by atoms with E-state index < -0.39 is 5.60 Å². The number of nitrogens with zero attached hydrogens (tertiary/aromatic N) is 3. The largest absolute Gasteiger partial charge is 0.379 e. The van der Waals surface area contributed by atoms with Crippen LogP contribution in [0.1, 0.15) is 31.0 Å². The summed E-state index contributed by atoms with van der Waals surface area (Å²) in [6.07, 6.45) is 1.49. The molecule has 18 heavy (non-hydrogen) atoms. The van der Waals surface area contributed by atoms with E-state index >= 15 is 0 Å². The molecule has 2 aromatic rings. The predicted molar refractivity (Wildman–Crippen MR) is 73.1 cm³/mol. The molecule has 0 spiro atoms. The number of aromatic nitrogens is 3. The molecule has 2 rings (SSSR count). The first-order valence-electron chi connectivity index (χ1n) is 5.93. The Kier molecular flexibility index (Phi) is 3.82. The average Bonchev–Trinajstić information content (AvgIpc) is 2.71. The Hall–Kier alpha value is -1.20. The van der Waals surface area contributed by atoms with Crippen molar-refractivity contribution in [2.24, 2.45) is 7.05 Å². The Morgan fingerprint density at radius 1 is 1.33 bits per heavy atom. The van der Waals surface area contributed by atoms with Gasteiger partial charge >= 0.3 is 0 Å². The Morgan fingerprint density at radius 2 is 2.00 bits per heavy atom. The number of hydrogen-bond donors (Lipinski definition) is 1. The maximum Gasteiger partial charge on any atom is 0.154 e. The quantitative estimate of drug-likeness (QED) is 0.944. The molecule has 0 saturated carbocycles. The van der Waals surface area contributed by atoms with E-state index in [1.807, 2.05) is 37.3 Å². The lowest BCUT2D eigenvalue weighted by molar-refractivity contribution is 0.0608. The zero-order chi connectivity index (χ0) is 13.2. The number of halogens is 1. The third kappa shape index (κ3) is 2.20. The molecule has 1 aromatic heterocycles. The fraction of sp³-hybridized carbons (Fsp3) is 0.385. The standard InChI is InChI=1S/C13H16BrN3O/c1-3-9-13(18,10-7-5-4-6-8-10)11-12(14)15-16-17(11)2/h4-8,18H,3,9H2,1-2H3. The van der Waals surface area contributed by atoms with E-state index in [0.717, 1.165) is 12.0 Å². The molecule has 1 unspecified atom stereocenters. The van der Waals surface area contributed by atoms with Crippen molar-refractivity contribution >= 4 is 15.9 Å². The van der Waals surface area contributed by atoms with Crippen LogP contribution in [-0.4, -0.2) is 20.1 Å². The first kappa shape index (κ1) is 13.2. The highest BCUT2D eigenvalue weighted by molar-refractivity contribution is 9.10. The minimum Gasteiger partial charge on any atom is -0.379 e. The van der Waals surface area contributed by atoms with Crippen LogP contribution in [0.2, 0.25) is 0 Å². The van der Waals surface area contributed by atoms with Gasteiger partial charge in [-0.15, -0.1) is 5.10 Å². The Bertz CT molecular complexity index is 507. The van der Waals surface area contributed by atoms with Gasteiger partial charge in [-0.05, 0) is 27.9 Å². The van der Waals surface area contributed by atoms with E-state index in [1.165, 1.54) is 0 Å². The molecule has 5 heteroatoms. The van der Waals surface area contributed by atoms with Crippen molar-refractivity contribution in [2.45, 2.75) is 25.4 Å². The Labute approximate surface area is 115 Å². The summed E-state index contributed by atoms with van der Waals surface area (Å²) in [5.74, 6) is 0. The van der Waals surface area contributed by atoms with Gasteiger partial charge in [-0.3, -0.25) is 0 Å². The van der Waals surface area contributed by atoms with Crippen molar-refractivity contribution in [1.82, 2.24) is 15.0 Å². The SMILES string of the molecule is CCCC(O)(c1ccccc1)c1c(Br)nnn1C. The zero-order valence-electron chi connectivity index (χ0n) is 10.5. The minimum absolute atomic E-state index is 0.588. The van der Waals surface area contributed by atoms with Gasteiger partial charge < -0.3 is 5.11 Å². The monoisotopic (exact) mass is 309 g/mol. The summed E-state index contributed by atoms with van der Waals surface area (Å²) in [6.45, 7) is 2.05. The van der Waals surface area contributed by atoms with Crippen LogP contribution in [0.3, 0.4) is 0 Å². The highest BCUT2D eigenvalue weighted by atomic mass is 79.9. The molecule has 1 heterocycles. The molecule has 1 aromatic carbocycles. The third-order valence-corrected chi connectivity index (χ3v) is 3.57. The van der Waals surface area contributed by atoms with Gasteiger partial charge in [-0.1, -0.05) is 48.9 Å². The second-order valence-corrected chi connectivity index (χ2v) is 5.08.